The monoisotopic (exact) mass is 342 g/mol. The van der Waals surface area contributed by atoms with Gasteiger partial charge in [-0.2, -0.15) is 0 Å². The Morgan fingerprint density at radius 2 is 1.84 bits per heavy atom. The molecular weight excluding hydrogens is 316 g/mol. The van der Waals surface area contributed by atoms with Crippen molar-refractivity contribution in [1.82, 2.24) is 0 Å². The Morgan fingerprint density at radius 1 is 1.08 bits per heavy atom. The number of rotatable bonds is 6. The van der Waals surface area contributed by atoms with E-state index in [1.807, 2.05) is 13.0 Å². The molecular formula is C21H26O4. The van der Waals surface area contributed by atoms with Crippen molar-refractivity contribution in [3.8, 4) is 5.75 Å². The fraction of sp³-hybridized carbons (Fsp3) is 0.619. The smallest absolute Gasteiger partial charge is 0.166 e. The highest BCUT2D eigenvalue weighted by Crippen LogP contribution is 2.45. The number of carbonyl (C=O) groups is 2. The second kappa shape index (κ2) is 6.91. The van der Waals surface area contributed by atoms with E-state index in [2.05, 4.69) is 0 Å². The Bertz CT molecular complexity index is 683. The van der Waals surface area contributed by atoms with Crippen LogP contribution in [-0.4, -0.2) is 31.4 Å². The standard InChI is InChI=1S/C21H26O4/c1-2-19(22)17-11-15(20(23)9-13-3-4-13)10-16-18(12-25-21(16)17)14-5-7-24-8-6-14/h10-11,13-14,18H,2-9,12H2,1H3/t18-/m1/s1. The molecule has 1 saturated carbocycles. The van der Waals surface area contributed by atoms with Crippen LogP contribution in [0.3, 0.4) is 0 Å². The molecule has 1 atom stereocenters. The Hall–Kier alpha value is -1.68. The maximum absolute atomic E-state index is 12.7. The molecule has 134 valence electrons. The number of Topliss-reactive ketones (excluding diaryl/α,β-unsaturated/α-hetero) is 2. The minimum Gasteiger partial charge on any atom is -0.492 e. The van der Waals surface area contributed by atoms with E-state index in [-0.39, 0.29) is 17.5 Å². The van der Waals surface area contributed by atoms with Crippen LogP contribution in [0.1, 0.15) is 77.6 Å². The van der Waals surface area contributed by atoms with Crippen molar-refractivity contribution < 1.29 is 19.1 Å². The van der Waals surface area contributed by atoms with Gasteiger partial charge in [-0.15, -0.1) is 0 Å². The average molecular weight is 342 g/mol. The lowest BCUT2D eigenvalue weighted by molar-refractivity contribution is 0.0551. The van der Waals surface area contributed by atoms with Gasteiger partial charge < -0.3 is 9.47 Å². The van der Waals surface area contributed by atoms with Gasteiger partial charge in [0, 0.05) is 43.1 Å². The van der Waals surface area contributed by atoms with E-state index in [4.69, 9.17) is 9.47 Å². The summed E-state index contributed by atoms with van der Waals surface area (Å²) in [7, 11) is 0. The molecule has 0 amide bonds. The van der Waals surface area contributed by atoms with Crippen LogP contribution in [0.4, 0.5) is 0 Å². The summed E-state index contributed by atoms with van der Waals surface area (Å²) in [6.07, 6.45) is 5.39. The molecule has 0 aromatic heterocycles. The highest BCUT2D eigenvalue weighted by molar-refractivity contribution is 6.04. The van der Waals surface area contributed by atoms with E-state index >= 15 is 0 Å². The quantitative estimate of drug-likeness (QED) is 0.728. The van der Waals surface area contributed by atoms with E-state index in [1.165, 1.54) is 0 Å². The van der Waals surface area contributed by atoms with Crippen LogP contribution in [0, 0.1) is 11.8 Å². The van der Waals surface area contributed by atoms with Crippen LogP contribution in [0.15, 0.2) is 12.1 Å². The van der Waals surface area contributed by atoms with E-state index in [0.29, 0.717) is 42.4 Å². The number of hydrogen-bond acceptors (Lipinski definition) is 4. The predicted octanol–water partition coefficient (Wildman–Crippen LogP) is 4.16. The largest absolute Gasteiger partial charge is 0.492 e. The second-order valence-electron chi connectivity index (χ2n) is 7.66. The minimum atomic E-state index is 0.0601. The van der Waals surface area contributed by atoms with Gasteiger partial charge in [-0.3, -0.25) is 9.59 Å². The first-order valence-electron chi connectivity index (χ1n) is 9.62. The van der Waals surface area contributed by atoms with E-state index in [0.717, 1.165) is 50.2 Å². The Kier molecular flexibility index (Phi) is 4.63. The van der Waals surface area contributed by atoms with Crippen LogP contribution < -0.4 is 4.74 Å². The minimum absolute atomic E-state index is 0.0601. The van der Waals surface area contributed by atoms with Crippen molar-refractivity contribution in [3.05, 3.63) is 28.8 Å². The fourth-order valence-corrected chi connectivity index (χ4v) is 4.12. The highest BCUT2D eigenvalue weighted by Gasteiger charge is 2.36. The number of benzene rings is 1. The summed E-state index contributed by atoms with van der Waals surface area (Å²) in [6.45, 7) is 4.05. The molecule has 3 aliphatic rings. The van der Waals surface area contributed by atoms with Crippen molar-refractivity contribution in [2.75, 3.05) is 19.8 Å². The molecule has 4 nitrogen and oxygen atoms in total. The van der Waals surface area contributed by atoms with Crippen molar-refractivity contribution in [2.45, 2.75) is 51.4 Å². The third-order valence-corrected chi connectivity index (χ3v) is 5.87. The molecule has 0 N–H and O–H groups in total. The SMILES string of the molecule is CCC(=O)c1cc(C(=O)CC2CC2)cc2c1OC[C@@H]2C1CCOCC1. The first-order valence-corrected chi connectivity index (χ1v) is 9.62. The number of fused-ring (bicyclic) bond motifs is 1. The molecule has 1 aromatic carbocycles. The Morgan fingerprint density at radius 3 is 2.52 bits per heavy atom. The van der Waals surface area contributed by atoms with Gasteiger partial charge in [0.15, 0.2) is 11.6 Å². The summed E-state index contributed by atoms with van der Waals surface area (Å²) in [4.78, 5) is 25.1. The topological polar surface area (TPSA) is 52.6 Å². The van der Waals surface area contributed by atoms with Crippen LogP contribution in [0.2, 0.25) is 0 Å². The lowest BCUT2D eigenvalue weighted by Crippen LogP contribution is -2.23. The zero-order chi connectivity index (χ0) is 17.4. The lowest BCUT2D eigenvalue weighted by Gasteiger charge is -2.27. The number of hydrogen-bond donors (Lipinski definition) is 0. The van der Waals surface area contributed by atoms with E-state index in [1.54, 1.807) is 6.07 Å². The summed E-state index contributed by atoms with van der Waals surface area (Å²) in [5, 5.41) is 0. The van der Waals surface area contributed by atoms with Gasteiger partial charge in [0.1, 0.15) is 5.75 Å². The first kappa shape index (κ1) is 16.8. The summed E-state index contributed by atoms with van der Waals surface area (Å²) < 4.78 is 11.5. The molecule has 2 aliphatic heterocycles. The molecule has 4 rings (SSSR count). The third-order valence-electron chi connectivity index (χ3n) is 5.87. The molecule has 2 heterocycles. The van der Waals surface area contributed by atoms with Gasteiger partial charge in [0.25, 0.3) is 0 Å². The molecule has 25 heavy (non-hydrogen) atoms. The van der Waals surface area contributed by atoms with Crippen LogP contribution >= 0.6 is 0 Å². The van der Waals surface area contributed by atoms with Gasteiger partial charge in [0.2, 0.25) is 0 Å². The maximum Gasteiger partial charge on any atom is 0.166 e. The Balaban J connectivity index is 1.70. The van der Waals surface area contributed by atoms with Gasteiger partial charge in [0.05, 0.1) is 12.2 Å². The Labute approximate surface area is 148 Å². The van der Waals surface area contributed by atoms with Crippen molar-refractivity contribution in [2.24, 2.45) is 11.8 Å². The zero-order valence-electron chi connectivity index (χ0n) is 14.9. The van der Waals surface area contributed by atoms with Gasteiger partial charge in [-0.25, -0.2) is 0 Å². The fourth-order valence-electron chi connectivity index (χ4n) is 4.12. The molecule has 0 radical (unpaired) electrons. The van der Waals surface area contributed by atoms with Crippen molar-refractivity contribution in [1.29, 1.82) is 0 Å². The lowest BCUT2D eigenvalue weighted by atomic mass is 9.81. The summed E-state index contributed by atoms with van der Waals surface area (Å²) in [6, 6.07) is 3.79. The summed E-state index contributed by atoms with van der Waals surface area (Å²) >= 11 is 0. The zero-order valence-corrected chi connectivity index (χ0v) is 14.9. The molecule has 0 unspecified atom stereocenters. The highest BCUT2D eigenvalue weighted by atomic mass is 16.5. The van der Waals surface area contributed by atoms with E-state index in [9.17, 15) is 9.59 Å². The normalized spacial score (nSPS) is 23.2. The van der Waals surface area contributed by atoms with Gasteiger partial charge in [-0.1, -0.05) is 6.92 Å². The second-order valence-corrected chi connectivity index (χ2v) is 7.66. The first-order chi connectivity index (χ1) is 12.2. The van der Waals surface area contributed by atoms with E-state index < -0.39 is 0 Å². The van der Waals surface area contributed by atoms with Crippen molar-refractivity contribution >= 4 is 11.6 Å². The number of ketones is 2. The summed E-state index contributed by atoms with van der Waals surface area (Å²) in [5.41, 5.74) is 2.38. The maximum atomic E-state index is 12.7. The molecule has 0 bridgehead atoms. The molecule has 2 fully saturated rings. The average Bonchev–Trinajstić information content (AvgIpc) is 3.36. The number of ether oxygens (including phenoxy) is 2. The molecule has 1 aliphatic carbocycles. The van der Waals surface area contributed by atoms with Gasteiger partial charge in [-0.05, 0) is 49.7 Å². The van der Waals surface area contributed by atoms with Gasteiger partial charge >= 0.3 is 0 Å². The molecule has 1 aromatic rings. The molecule has 4 heteroatoms. The predicted molar refractivity (Wildman–Crippen MR) is 94.5 cm³/mol. The molecule has 0 spiro atoms. The molecule has 1 saturated heterocycles. The van der Waals surface area contributed by atoms with Crippen molar-refractivity contribution in [3.63, 3.8) is 0 Å². The third kappa shape index (κ3) is 3.37. The summed E-state index contributed by atoms with van der Waals surface area (Å²) in [5.74, 6) is 2.29. The van der Waals surface area contributed by atoms with Crippen LogP contribution in [0.25, 0.3) is 0 Å². The van der Waals surface area contributed by atoms with Crippen LogP contribution in [-0.2, 0) is 4.74 Å². The van der Waals surface area contributed by atoms with Crippen LogP contribution in [0.5, 0.6) is 5.75 Å². The number of carbonyl (C=O) groups excluding carboxylic acids is 2.